The molecule has 0 radical (unpaired) electrons. The number of halogens is 3. The molecule has 1 aliphatic heterocycles. The first-order chi connectivity index (χ1) is 14.3. The molecule has 154 valence electrons. The topological polar surface area (TPSA) is 91.2 Å². The standard InChI is InChI=1S/C19H14F3N5O2S/c20-19(21,22)12-2-1-3-13(6-12)25-17(28)15-7-14(4-5-23-15)27-9-11-8-24-18(30-29)26-16(11)10-27/h1-8,29H,9-10H2,(H,25,28). The summed E-state index contributed by atoms with van der Waals surface area (Å²) in [5, 5.41) is 2.70. The summed E-state index contributed by atoms with van der Waals surface area (Å²) in [6.07, 6.45) is -1.40. The van der Waals surface area contributed by atoms with Gasteiger partial charge in [-0.15, -0.1) is 0 Å². The first kappa shape index (κ1) is 20.1. The van der Waals surface area contributed by atoms with Gasteiger partial charge in [0.2, 0.25) is 5.16 Å². The number of hydrogen-bond donors (Lipinski definition) is 2. The van der Waals surface area contributed by atoms with Gasteiger partial charge in [-0.25, -0.2) is 9.97 Å². The van der Waals surface area contributed by atoms with Gasteiger partial charge in [-0.2, -0.15) is 13.2 Å². The smallest absolute Gasteiger partial charge is 0.361 e. The summed E-state index contributed by atoms with van der Waals surface area (Å²) in [6.45, 7) is 0.981. The largest absolute Gasteiger partial charge is 0.416 e. The van der Waals surface area contributed by atoms with Crippen molar-refractivity contribution < 1.29 is 22.5 Å². The van der Waals surface area contributed by atoms with Crippen LogP contribution >= 0.6 is 12.0 Å². The summed E-state index contributed by atoms with van der Waals surface area (Å²) in [7, 11) is 0. The van der Waals surface area contributed by atoms with E-state index in [1.54, 1.807) is 18.3 Å². The molecular formula is C19H14F3N5O2S. The second-order valence-electron chi connectivity index (χ2n) is 6.50. The highest BCUT2D eigenvalue weighted by atomic mass is 32.2. The minimum Gasteiger partial charge on any atom is -0.361 e. The van der Waals surface area contributed by atoms with Gasteiger partial charge in [-0.1, -0.05) is 6.07 Å². The number of amides is 1. The first-order valence-electron chi connectivity index (χ1n) is 8.69. The van der Waals surface area contributed by atoms with Crippen LogP contribution in [0.4, 0.5) is 24.5 Å². The molecule has 0 aliphatic carbocycles. The third kappa shape index (κ3) is 4.21. The molecule has 0 spiro atoms. The Hall–Kier alpha value is -3.18. The van der Waals surface area contributed by atoms with Crippen LogP contribution in [0.3, 0.4) is 0 Å². The van der Waals surface area contributed by atoms with Crippen molar-refractivity contribution in [2.24, 2.45) is 0 Å². The van der Waals surface area contributed by atoms with Crippen LogP contribution in [0.25, 0.3) is 0 Å². The van der Waals surface area contributed by atoms with Gasteiger partial charge in [0.15, 0.2) is 0 Å². The van der Waals surface area contributed by atoms with Crippen LogP contribution in [0, 0.1) is 0 Å². The summed E-state index contributed by atoms with van der Waals surface area (Å²) in [6, 6.07) is 7.69. The third-order valence-electron chi connectivity index (χ3n) is 4.50. The van der Waals surface area contributed by atoms with Gasteiger partial charge in [0.1, 0.15) is 5.69 Å². The van der Waals surface area contributed by atoms with E-state index in [2.05, 4.69) is 20.3 Å². The average Bonchev–Trinajstić information content (AvgIpc) is 3.17. The van der Waals surface area contributed by atoms with Gasteiger partial charge in [0.25, 0.3) is 5.91 Å². The second-order valence-corrected chi connectivity index (χ2v) is 7.05. The number of benzene rings is 1. The van der Waals surface area contributed by atoms with E-state index in [0.29, 0.717) is 30.8 Å². The van der Waals surface area contributed by atoms with E-state index in [0.717, 1.165) is 23.4 Å². The van der Waals surface area contributed by atoms with Gasteiger partial charge in [-0.05, 0) is 30.3 Å². The number of pyridine rings is 1. The average molecular weight is 433 g/mol. The lowest BCUT2D eigenvalue weighted by molar-refractivity contribution is -0.137. The summed E-state index contributed by atoms with van der Waals surface area (Å²) < 4.78 is 47.7. The molecule has 1 aliphatic rings. The minimum atomic E-state index is -4.50. The van der Waals surface area contributed by atoms with Crippen LogP contribution < -0.4 is 10.2 Å². The van der Waals surface area contributed by atoms with E-state index in [1.165, 1.54) is 18.3 Å². The Morgan fingerprint density at radius 3 is 2.77 bits per heavy atom. The zero-order chi connectivity index (χ0) is 21.3. The zero-order valence-electron chi connectivity index (χ0n) is 15.2. The molecule has 30 heavy (non-hydrogen) atoms. The van der Waals surface area contributed by atoms with Gasteiger partial charge < -0.3 is 14.8 Å². The Morgan fingerprint density at radius 2 is 2.00 bits per heavy atom. The number of nitrogens with one attached hydrogen (secondary N) is 1. The lowest BCUT2D eigenvalue weighted by atomic mass is 10.2. The van der Waals surface area contributed by atoms with Crippen LogP contribution in [0.1, 0.15) is 27.3 Å². The van der Waals surface area contributed by atoms with Crippen molar-refractivity contribution in [3.05, 3.63) is 71.3 Å². The molecule has 11 heteroatoms. The molecule has 3 heterocycles. The molecule has 0 saturated carbocycles. The Balaban J connectivity index is 1.51. The third-order valence-corrected chi connectivity index (χ3v) is 4.86. The Kier molecular flexibility index (Phi) is 5.31. The predicted molar refractivity (Wildman–Crippen MR) is 104 cm³/mol. The van der Waals surface area contributed by atoms with Crippen molar-refractivity contribution in [1.82, 2.24) is 15.0 Å². The number of hydrogen-bond acceptors (Lipinski definition) is 7. The number of carbonyl (C=O) groups excluding carboxylic acids is 1. The molecule has 0 unspecified atom stereocenters. The molecular weight excluding hydrogens is 419 g/mol. The maximum absolute atomic E-state index is 12.9. The zero-order valence-corrected chi connectivity index (χ0v) is 16.0. The summed E-state index contributed by atoms with van der Waals surface area (Å²) in [5.41, 5.74) is 1.63. The highest BCUT2D eigenvalue weighted by molar-refractivity contribution is 7.93. The van der Waals surface area contributed by atoms with E-state index in [9.17, 15) is 18.0 Å². The van der Waals surface area contributed by atoms with Crippen molar-refractivity contribution >= 4 is 29.3 Å². The van der Waals surface area contributed by atoms with Gasteiger partial charge >= 0.3 is 6.18 Å². The Morgan fingerprint density at radius 1 is 1.17 bits per heavy atom. The van der Waals surface area contributed by atoms with E-state index in [1.807, 2.05) is 4.90 Å². The normalized spacial score (nSPS) is 13.3. The molecule has 1 aromatic carbocycles. The van der Waals surface area contributed by atoms with Crippen molar-refractivity contribution in [1.29, 1.82) is 0 Å². The van der Waals surface area contributed by atoms with E-state index in [-0.39, 0.29) is 16.5 Å². The van der Waals surface area contributed by atoms with Crippen molar-refractivity contribution in [3.8, 4) is 0 Å². The van der Waals surface area contributed by atoms with E-state index in [4.69, 9.17) is 4.55 Å². The fraction of sp³-hybridized carbons (Fsp3) is 0.158. The molecule has 3 aromatic rings. The minimum absolute atomic E-state index is 0.0277. The lowest BCUT2D eigenvalue weighted by Gasteiger charge is -2.17. The Labute approximate surface area is 173 Å². The van der Waals surface area contributed by atoms with Crippen LogP contribution in [-0.4, -0.2) is 25.4 Å². The molecule has 0 bridgehead atoms. The quantitative estimate of drug-likeness (QED) is 0.470. The van der Waals surface area contributed by atoms with Gasteiger partial charge in [-0.3, -0.25) is 9.78 Å². The predicted octanol–water partition coefficient (Wildman–Crippen LogP) is 4.23. The molecule has 2 N–H and O–H groups in total. The fourth-order valence-electron chi connectivity index (χ4n) is 3.07. The maximum atomic E-state index is 12.9. The number of nitrogens with zero attached hydrogens (tertiary/aromatic N) is 4. The Bertz CT molecular complexity index is 1110. The van der Waals surface area contributed by atoms with Crippen LogP contribution in [-0.2, 0) is 19.3 Å². The summed E-state index contributed by atoms with van der Waals surface area (Å²) in [4.78, 5) is 26.8. The number of fused-ring (bicyclic) bond motifs is 1. The number of alkyl halides is 3. The highest BCUT2D eigenvalue weighted by Crippen LogP contribution is 2.31. The number of rotatable bonds is 4. The SMILES string of the molecule is O=C(Nc1cccc(C(F)(F)F)c1)c1cc(N2Cc3cnc(SO)nc3C2)ccn1. The van der Waals surface area contributed by atoms with Crippen molar-refractivity contribution in [2.75, 3.05) is 10.2 Å². The molecule has 0 saturated heterocycles. The summed E-state index contributed by atoms with van der Waals surface area (Å²) >= 11 is 0.467. The summed E-state index contributed by atoms with van der Waals surface area (Å²) in [5.74, 6) is -0.619. The first-order valence-corrected chi connectivity index (χ1v) is 9.46. The van der Waals surface area contributed by atoms with E-state index >= 15 is 0 Å². The number of anilines is 2. The van der Waals surface area contributed by atoms with Crippen molar-refractivity contribution in [2.45, 2.75) is 24.4 Å². The van der Waals surface area contributed by atoms with Crippen LogP contribution in [0.2, 0.25) is 0 Å². The fourth-order valence-corrected chi connectivity index (χ4v) is 3.32. The number of carbonyl (C=O) groups is 1. The lowest BCUT2D eigenvalue weighted by Crippen LogP contribution is -2.18. The van der Waals surface area contributed by atoms with Crippen LogP contribution in [0.5, 0.6) is 0 Å². The van der Waals surface area contributed by atoms with Crippen LogP contribution in [0.15, 0.2) is 53.9 Å². The molecule has 0 fully saturated rings. The second kappa shape index (κ2) is 7.92. The van der Waals surface area contributed by atoms with E-state index < -0.39 is 17.6 Å². The molecule has 0 atom stereocenters. The maximum Gasteiger partial charge on any atom is 0.416 e. The monoisotopic (exact) mass is 433 g/mol. The molecule has 4 rings (SSSR count). The highest BCUT2D eigenvalue weighted by Gasteiger charge is 2.30. The molecule has 7 nitrogen and oxygen atoms in total. The molecule has 1 amide bonds. The molecule has 2 aromatic heterocycles. The number of aromatic nitrogens is 3. The van der Waals surface area contributed by atoms with Gasteiger partial charge in [0, 0.05) is 35.9 Å². The van der Waals surface area contributed by atoms with Gasteiger partial charge in [0.05, 0.1) is 29.8 Å². The van der Waals surface area contributed by atoms with Crippen molar-refractivity contribution in [3.63, 3.8) is 0 Å².